The molecule has 0 aliphatic rings. The summed E-state index contributed by atoms with van der Waals surface area (Å²) >= 11 is 0. The number of ether oxygens (including phenoxy) is 8. The van der Waals surface area contributed by atoms with Gasteiger partial charge in [-0.2, -0.15) is 42.0 Å². The lowest BCUT2D eigenvalue weighted by atomic mass is 10.0. The van der Waals surface area contributed by atoms with Crippen LogP contribution in [-0.2, 0) is 59.8 Å². The Hall–Kier alpha value is -10.4. The molecule has 0 unspecified atom stereocenters. The molecule has 4 amide bonds. The van der Waals surface area contributed by atoms with Crippen LogP contribution in [0.5, 0.6) is 0 Å². The molecule has 0 spiro atoms. The lowest BCUT2D eigenvalue weighted by molar-refractivity contribution is -0.139. The van der Waals surface area contributed by atoms with E-state index in [4.69, 9.17) is 37.9 Å². The Morgan fingerprint density at radius 3 is 1.27 bits per heavy atom. The minimum atomic E-state index is -4.70. The molecule has 25 nitrogen and oxygen atoms in total. The van der Waals surface area contributed by atoms with E-state index in [1.165, 1.54) is 47.3 Å². The summed E-state index contributed by atoms with van der Waals surface area (Å²) in [6.45, 7) is 7.76. The number of carbonyl (C=O) groups excluding carboxylic acids is 4. The fourth-order valence-electron chi connectivity index (χ4n) is 9.82. The molecule has 5 N–H and O–H groups in total. The minimum Gasteiger partial charge on any atom is -0.377 e. The van der Waals surface area contributed by atoms with Crippen molar-refractivity contribution in [3.63, 3.8) is 0 Å². The van der Waals surface area contributed by atoms with E-state index >= 15 is 0 Å². The number of carbonyl (C=O) groups is 4. The number of anilines is 1. The van der Waals surface area contributed by atoms with E-state index in [2.05, 4.69) is 31.7 Å². The van der Waals surface area contributed by atoms with Crippen molar-refractivity contribution in [3.05, 3.63) is 199 Å². The highest BCUT2D eigenvalue weighted by molar-refractivity contribution is 6.35. The van der Waals surface area contributed by atoms with E-state index < -0.39 is 58.2 Å². The average molecular weight is 1410 g/mol. The van der Waals surface area contributed by atoms with Crippen molar-refractivity contribution in [2.75, 3.05) is 137 Å². The molecule has 0 aliphatic heterocycles. The van der Waals surface area contributed by atoms with Crippen LogP contribution in [0.3, 0.4) is 0 Å². The van der Waals surface area contributed by atoms with Crippen molar-refractivity contribution in [2.24, 2.45) is 0 Å². The summed E-state index contributed by atoms with van der Waals surface area (Å²) in [5, 5.41) is 36.3. The molecule has 4 aromatic carbocycles. The third-order valence-electron chi connectivity index (χ3n) is 14.8. The number of benzene rings is 4. The summed E-state index contributed by atoms with van der Waals surface area (Å²) < 4.78 is 130. The third kappa shape index (κ3) is 23.4. The first-order chi connectivity index (χ1) is 48.6. The van der Waals surface area contributed by atoms with Crippen molar-refractivity contribution in [2.45, 2.75) is 33.1 Å². The van der Waals surface area contributed by atoms with Crippen LogP contribution >= 0.6 is 0 Å². The Labute approximate surface area is 576 Å². The largest absolute Gasteiger partial charge is 0.416 e. The van der Waals surface area contributed by atoms with Crippen LogP contribution in [-0.4, -0.2) is 174 Å². The van der Waals surface area contributed by atoms with Crippen molar-refractivity contribution in [1.82, 2.24) is 40.2 Å². The topological polar surface area (TPSA) is 312 Å². The number of nitriles is 2. The standard InChI is InChI=1S/C70H75F6N11O14/c1-4-61(84-53-15-11-49(45-77)12-16-53)57-43-59(67(92)85(47(57)2)55-9-5-7-51(41-55)69(71,72)73)63(88)79-21-25-94-29-33-98-37-39-100-35-31-96-27-23-81-65(90)66(91)82-24-28-97-32-36-101-40-38-99-34-30-95-26-22-80-64(89)60-44-58(62-19-20-83-87(62)54-17-13-50(46-78)14-18-54)48(3)86(68(60)93)56-10-6-8-52(42-56)70(74,75)76/h4-20,41-44,84H,21-40H2,1-3H3,(H,79,88)(H,80,89)(H,81,90)(H,82,91)/b61-4-. The van der Waals surface area contributed by atoms with Gasteiger partial charge in [0, 0.05) is 71.5 Å². The second kappa shape index (κ2) is 39.4. The van der Waals surface area contributed by atoms with Gasteiger partial charge < -0.3 is 64.5 Å². The number of amides is 4. The SMILES string of the molecule is C/C=C(\Nc1ccc(C#N)cc1)c1cc(C(=O)NCCOCCOCCOCCOCCNC(=O)C(=O)NCCOCCOCCOCCOCCNC(=O)c2cc(-c3ccnn3-c3ccc(C#N)cc3)c(C)n(-c3cccc(C(F)(F)F)c3)c2=O)c(=O)n(-c2cccc(C(F)(F)F)c2)c1C. The van der Waals surface area contributed by atoms with E-state index in [1.54, 1.807) is 81.4 Å². The predicted molar refractivity (Wildman–Crippen MR) is 356 cm³/mol. The van der Waals surface area contributed by atoms with Gasteiger partial charge in [-0.25, -0.2) is 4.68 Å². The molecule has 0 atom stereocenters. The highest BCUT2D eigenvalue weighted by Gasteiger charge is 2.33. The Balaban J connectivity index is 0.674. The molecular weight excluding hydrogens is 1330 g/mol. The van der Waals surface area contributed by atoms with Gasteiger partial charge in [0.1, 0.15) is 11.1 Å². The van der Waals surface area contributed by atoms with Crippen molar-refractivity contribution < 1.29 is 83.4 Å². The lowest BCUT2D eigenvalue weighted by Gasteiger charge is -2.20. The third-order valence-corrected chi connectivity index (χ3v) is 14.8. The van der Waals surface area contributed by atoms with Crippen molar-refractivity contribution in [1.29, 1.82) is 10.5 Å². The van der Waals surface area contributed by atoms with E-state index in [1.807, 2.05) is 12.1 Å². The summed E-state index contributed by atoms with van der Waals surface area (Å²) in [5.41, 5.74) is -0.493. The minimum absolute atomic E-state index is 0.00990. The number of nitrogens with one attached hydrogen (secondary N) is 5. The highest BCUT2D eigenvalue weighted by Crippen LogP contribution is 2.34. The maximum Gasteiger partial charge on any atom is 0.416 e. The number of allylic oxidation sites excluding steroid dienone is 1. The van der Waals surface area contributed by atoms with E-state index in [-0.39, 0.29) is 166 Å². The zero-order valence-electron chi connectivity index (χ0n) is 55.4. The lowest BCUT2D eigenvalue weighted by Crippen LogP contribution is -2.42. The van der Waals surface area contributed by atoms with Crippen LogP contribution in [0.4, 0.5) is 32.0 Å². The van der Waals surface area contributed by atoms with Crippen LogP contribution in [0.25, 0.3) is 34.0 Å². The number of hydrogen-bond donors (Lipinski definition) is 5. The first-order valence-electron chi connectivity index (χ1n) is 31.8. The van der Waals surface area contributed by atoms with Gasteiger partial charge in [0.25, 0.3) is 22.9 Å². The number of pyridine rings is 2. The number of rotatable bonds is 39. The van der Waals surface area contributed by atoms with E-state index in [0.29, 0.717) is 45.0 Å². The molecule has 3 aromatic heterocycles. The quantitative estimate of drug-likeness (QED) is 0.0144. The van der Waals surface area contributed by atoms with Crippen LogP contribution in [0, 0.1) is 36.5 Å². The Bertz CT molecular complexity index is 4160. The summed E-state index contributed by atoms with van der Waals surface area (Å²) in [5.74, 6) is -3.26. The fraction of sp³-hybridized carbons (Fsp3) is 0.357. The predicted octanol–water partition coefficient (Wildman–Crippen LogP) is 7.24. The molecule has 536 valence electrons. The van der Waals surface area contributed by atoms with E-state index in [0.717, 1.165) is 33.4 Å². The maximum absolute atomic E-state index is 14.0. The molecule has 7 aromatic rings. The number of nitrogens with zero attached hydrogens (tertiary/aromatic N) is 6. The normalized spacial score (nSPS) is 11.6. The molecular formula is C70H75F6N11O14. The fourth-order valence-corrected chi connectivity index (χ4v) is 9.82. The summed E-state index contributed by atoms with van der Waals surface area (Å²) in [4.78, 5) is 79.3. The number of halogens is 6. The molecule has 7 rings (SSSR count). The first kappa shape index (κ1) is 78.0. The molecule has 3 heterocycles. The number of alkyl halides is 6. The highest BCUT2D eigenvalue weighted by atomic mass is 19.4. The van der Waals surface area contributed by atoms with Crippen molar-refractivity contribution in [3.8, 4) is 40.5 Å². The van der Waals surface area contributed by atoms with Gasteiger partial charge in [-0.1, -0.05) is 18.2 Å². The molecule has 0 fully saturated rings. The summed E-state index contributed by atoms with van der Waals surface area (Å²) in [7, 11) is 0. The number of aromatic nitrogens is 4. The van der Waals surface area contributed by atoms with E-state index in [9.17, 15) is 65.6 Å². The molecule has 0 saturated heterocycles. The molecule has 31 heteroatoms. The number of hydrogen-bond acceptors (Lipinski definition) is 18. The van der Waals surface area contributed by atoms with Gasteiger partial charge in [0.2, 0.25) is 0 Å². The van der Waals surface area contributed by atoms with Crippen molar-refractivity contribution >= 4 is 35.0 Å². The molecule has 0 radical (unpaired) electrons. The second-order valence-corrected chi connectivity index (χ2v) is 21.7. The molecule has 0 aliphatic carbocycles. The van der Waals surface area contributed by atoms with Crippen LogP contribution < -0.4 is 37.7 Å². The average Bonchev–Trinajstić information content (AvgIpc) is 1.69. The van der Waals surface area contributed by atoms with Gasteiger partial charge in [-0.15, -0.1) is 0 Å². The first-order valence-corrected chi connectivity index (χ1v) is 31.8. The van der Waals surface area contributed by atoms with Crippen LogP contribution in [0.1, 0.15) is 66.8 Å². The van der Waals surface area contributed by atoms with Gasteiger partial charge in [-0.05, 0) is 124 Å². The molecule has 0 bridgehead atoms. The van der Waals surface area contributed by atoms with Gasteiger partial charge in [-0.3, -0.25) is 37.9 Å². The Kier molecular flexibility index (Phi) is 30.5. The smallest absolute Gasteiger partial charge is 0.377 e. The Morgan fingerprint density at radius 2 is 0.861 bits per heavy atom. The molecule has 101 heavy (non-hydrogen) atoms. The monoisotopic (exact) mass is 1410 g/mol. The van der Waals surface area contributed by atoms with Gasteiger partial charge in [0.05, 0.1) is 158 Å². The second-order valence-electron chi connectivity index (χ2n) is 21.7. The maximum atomic E-state index is 14.0. The summed E-state index contributed by atoms with van der Waals surface area (Å²) in [6.07, 6.45) is -6.22. The van der Waals surface area contributed by atoms with Crippen LogP contribution in [0.15, 0.2) is 137 Å². The zero-order chi connectivity index (χ0) is 72.7. The summed E-state index contributed by atoms with van der Waals surface area (Å²) in [6, 6.07) is 29.9. The Morgan fingerprint density at radius 1 is 0.475 bits per heavy atom. The van der Waals surface area contributed by atoms with Gasteiger partial charge >= 0.3 is 24.2 Å². The molecule has 0 saturated carbocycles. The van der Waals surface area contributed by atoms with Crippen LogP contribution in [0.2, 0.25) is 0 Å². The van der Waals surface area contributed by atoms with Gasteiger partial charge in [0.15, 0.2) is 0 Å². The zero-order valence-corrected chi connectivity index (χ0v) is 55.4.